The van der Waals surface area contributed by atoms with Gasteiger partial charge in [0.25, 0.3) is 5.91 Å². The summed E-state index contributed by atoms with van der Waals surface area (Å²) in [6.45, 7) is 0. The number of nitrogens with zero attached hydrogens (tertiary/aromatic N) is 2. The van der Waals surface area contributed by atoms with Gasteiger partial charge in [-0.15, -0.1) is 0 Å². The molecule has 126 valence electrons. The molecule has 5 heteroatoms. The van der Waals surface area contributed by atoms with Crippen molar-refractivity contribution in [2.24, 2.45) is 11.1 Å². The minimum atomic E-state index is -0.129. The number of fused-ring (bicyclic) bond motifs is 2. The van der Waals surface area contributed by atoms with Gasteiger partial charge in [0, 0.05) is 5.56 Å². The Morgan fingerprint density at radius 2 is 1.72 bits per heavy atom. The van der Waals surface area contributed by atoms with Crippen LogP contribution in [-0.2, 0) is 9.68 Å². The summed E-state index contributed by atoms with van der Waals surface area (Å²) in [5, 5.41) is 5.88. The molecule has 5 nitrogen and oxygen atoms in total. The number of oxime groups is 1. The summed E-state index contributed by atoms with van der Waals surface area (Å²) in [4.78, 5) is 24.7. The molecule has 3 fully saturated rings. The molecule has 2 saturated heterocycles. The van der Waals surface area contributed by atoms with Crippen LogP contribution in [0.25, 0.3) is 0 Å². The van der Waals surface area contributed by atoms with E-state index in [4.69, 9.17) is 9.68 Å². The van der Waals surface area contributed by atoms with E-state index in [1.807, 2.05) is 60.7 Å². The molecule has 6 rings (SSSR count). The molecular formula is C20H18N2O3. The van der Waals surface area contributed by atoms with E-state index in [9.17, 15) is 4.79 Å². The Hall–Kier alpha value is -2.66. The predicted molar refractivity (Wildman–Crippen MR) is 91.8 cm³/mol. The lowest BCUT2D eigenvalue weighted by Gasteiger charge is -2.49. The third kappa shape index (κ3) is 2.27. The third-order valence-electron chi connectivity index (χ3n) is 5.31. The predicted octanol–water partition coefficient (Wildman–Crippen LogP) is 3.02. The van der Waals surface area contributed by atoms with Crippen LogP contribution in [0.1, 0.15) is 28.8 Å². The maximum absolute atomic E-state index is 12.8. The molecule has 4 aliphatic rings. The van der Waals surface area contributed by atoms with E-state index in [2.05, 4.69) is 5.16 Å². The number of benzene rings is 2. The number of rotatable bonds is 2. The van der Waals surface area contributed by atoms with Crippen LogP contribution in [0.3, 0.4) is 0 Å². The molecule has 4 atom stereocenters. The zero-order chi connectivity index (χ0) is 16.8. The molecule has 2 bridgehead atoms. The van der Waals surface area contributed by atoms with E-state index < -0.39 is 0 Å². The van der Waals surface area contributed by atoms with Crippen LogP contribution in [-0.4, -0.2) is 34.9 Å². The van der Waals surface area contributed by atoms with Crippen molar-refractivity contribution in [3.63, 3.8) is 0 Å². The Morgan fingerprint density at radius 3 is 2.48 bits per heavy atom. The first-order valence-electron chi connectivity index (χ1n) is 8.67. The number of carbonyl (C=O) groups excluding carboxylic acids is 1. The van der Waals surface area contributed by atoms with Crippen LogP contribution in [0.4, 0.5) is 0 Å². The van der Waals surface area contributed by atoms with Gasteiger partial charge < -0.3 is 4.84 Å². The first kappa shape index (κ1) is 14.7. The first-order chi connectivity index (χ1) is 12.3. The van der Waals surface area contributed by atoms with Gasteiger partial charge in [-0.3, -0.25) is 9.63 Å². The highest BCUT2D eigenvalue weighted by Crippen LogP contribution is 2.44. The summed E-state index contributed by atoms with van der Waals surface area (Å²) < 4.78 is 0. The fourth-order valence-corrected chi connectivity index (χ4v) is 4.13. The van der Waals surface area contributed by atoms with Crippen LogP contribution < -0.4 is 0 Å². The minimum Gasteiger partial charge on any atom is -0.389 e. The van der Waals surface area contributed by atoms with Gasteiger partial charge in [0.2, 0.25) is 0 Å². The summed E-state index contributed by atoms with van der Waals surface area (Å²) in [5.41, 5.74) is 2.63. The Bertz CT molecular complexity index is 821. The lowest BCUT2D eigenvalue weighted by atomic mass is 9.75. The summed E-state index contributed by atoms with van der Waals surface area (Å²) in [6, 6.07) is 19.2. The highest BCUT2D eigenvalue weighted by atomic mass is 16.7. The van der Waals surface area contributed by atoms with Crippen molar-refractivity contribution in [1.82, 2.24) is 5.06 Å². The highest BCUT2D eigenvalue weighted by Gasteiger charge is 2.56. The van der Waals surface area contributed by atoms with Crippen molar-refractivity contribution in [3.05, 3.63) is 71.8 Å². The van der Waals surface area contributed by atoms with E-state index in [0.29, 0.717) is 5.56 Å². The lowest BCUT2D eigenvalue weighted by molar-refractivity contribution is -0.283. The van der Waals surface area contributed by atoms with Crippen molar-refractivity contribution in [3.8, 4) is 0 Å². The van der Waals surface area contributed by atoms with Crippen molar-refractivity contribution in [1.29, 1.82) is 0 Å². The summed E-state index contributed by atoms with van der Waals surface area (Å²) in [5.74, 6) is -0.0218. The molecule has 0 radical (unpaired) electrons. The SMILES string of the molecule is O=C(c1ccccc1)N1O[C@H]2CC[C@@H]1[C@H]1ON=C(c3ccccc3)[C@H]12. The summed E-state index contributed by atoms with van der Waals surface area (Å²) >= 11 is 0. The second-order valence-corrected chi connectivity index (χ2v) is 6.72. The van der Waals surface area contributed by atoms with Gasteiger partial charge in [-0.1, -0.05) is 53.7 Å². The Labute approximate surface area is 145 Å². The first-order valence-corrected chi connectivity index (χ1v) is 8.67. The van der Waals surface area contributed by atoms with Gasteiger partial charge in [0.1, 0.15) is 6.04 Å². The van der Waals surface area contributed by atoms with Crippen LogP contribution in [0.2, 0.25) is 0 Å². The minimum absolute atomic E-state index is 0.0795. The van der Waals surface area contributed by atoms with Gasteiger partial charge in [-0.2, -0.15) is 0 Å². The van der Waals surface area contributed by atoms with Crippen molar-refractivity contribution in [2.75, 3.05) is 0 Å². The molecule has 1 saturated carbocycles. The molecular weight excluding hydrogens is 316 g/mol. The molecule has 0 N–H and O–H groups in total. The van der Waals surface area contributed by atoms with Gasteiger partial charge in [-0.05, 0) is 30.5 Å². The zero-order valence-corrected chi connectivity index (χ0v) is 13.6. The molecule has 2 aromatic carbocycles. The van der Waals surface area contributed by atoms with E-state index in [1.165, 1.54) is 5.06 Å². The van der Waals surface area contributed by atoms with Crippen LogP contribution in [0.5, 0.6) is 0 Å². The molecule has 3 aliphatic heterocycles. The van der Waals surface area contributed by atoms with Gasteiger partial charge in [-0.25, -0.2) is 5.06 Å². The average molecular weight is 334 g/mol. The maximum Gasteiger partial charge on any atom is 0.277 e. The van der Waals surface area contributed by atoms with Gasteiger partial charge >= 0.3 is 0 Å². The molecule has 1 amide bonds. The lowest BCUT2D eigenvalue weighted by Crippen LogP contribution is -2.63. The van der Waals surface area contributed by atoms with Gasteiger partial charge in [0.15, 0.2) is 6.10 Å². The quantitative estimate of drug-likeness (QED) is 0.848. The van der Waals surface area contributed by atoms with Gasteiger partial charge in [0.05, 0.1) is 17.7 Å². The fourth-order valence-electron chi connectivity index (χ4n) is 4.13. The number of carbonyl (C=O) groups is 1. The van der Waals surface area contributed by atoms with Crippen molar-refractivity contribution in [2.45, 2.75) is 31.1 Å². The smallest absolute Gasteiger partial charge is 0.277 e. The maximum atomic E-state index is 12.8. The Balaban J connectivity index is 1.43. The number of amides is 1. The third-order valence-corrected chi connectivity index (χ3v) is 5.31. The largest absolute Gasteiger partial charge is 0.389 e. The summed E-state index contributed by atoms with van der Waals surface area (Å²) in [6.07, 6.45) is 1.58. The normalized spacial score (nSPS) is 29.8. The van der Waals surface area contributed by atoms with E-state index in [-0.39, 0.29) is 30.1 Å². The molecule has 0 aromatic heterocycles. The zero-order valence-electron chi connectivity index (χ0n) is 13.6. The van der Waals surface area contributed by atoms with Crippen molar-refractivity contribution >= 4 is 11.6 Å². The highest BCUT2D eigenvalue weighted by molar-refractivity contribution is 6.04. The fraction of sp³-hybridized carbons (Fsp3) is 0.300. The standard InChI is InChI=1S/C20H18N2O3/c23-20(14-9-5-2-6-10-14)22-15-11-12-16(25-22)17-18(21-24-19(15)17)13-7-3-1-4-8-13/h1-10,15-17,19H,11-12H2/t15-,16+,17-,19-/m1/s1. The van der Waals surface area contributed by atoms with Crippen LogP contribution in [0.15, 0.2) is 65.8 Å². The van der Waals surface area contributed by atoms with Crippen LogP contribution >= 0.6 is 0 Å². The van der Waals surface area contributed by atoms with E-state index >= 15 is 0 Å². The van der Waals surface area contributed by atoms with E-state index in [0.717, 1.165) is 24.1 Å². The summed E-state index contributed by atoms with van der Waals surface area (Å²) in [7, 11) is 0. The average Bonchev–Trinajstić information content (AvgIpc) is 3.16. The molecule has 3 heterocycles. The topological polar surface area (TPSA) is 51.1 Å². The second-order valence-electron chi connectivity index (χ2n) is 6.72. The second kappa shape index (κ2) is 5.70. The Morgan fingerprint density at radius 1 is 1.00 bits per heavy atom. The molecule has 25 heavy (non-hydrogen) atoms. The number of hydroxylamine groups is 2. The van der Waals surface area contributed by atoms with Crippen LogP contribution in [0, 0.1) is 5.92 Å². The van der Waals surface area contributed by atoms with E-state index in [1.54, 1.807) is 0 Å². The molecule has 0 spiro atoms. The monoisotopic (exact) mass is 334 g/mol. The molecule has 2 aromatic rings. The van der Waals surface area contributed by atoms with Crippen molar-refractivity contribution < 1.29 is 14.5 Å². The Kier molecular flexibility index (Phi) is 3.35. The molecule has 1 aliphatic carbocycles. The molecule has 0 unspecified atom stereocenters. The number of hydrogen-bond acceptors (Lipinski definition) is 4. The number of hydrogen-bond donors (Lipinski definition) is 0.